The van der Waals surface area contributed by atoms with Gasteiger partial charge in [-0.3, -0.25) is 4.90 Å². The van der Waals surface area contributed by atoms with Crippen LogP contribution in [0, 0.1) is 12.8 Å². The van der Waals surface area contributed by atoms with Crippen molar-refractivity contribution in [3.63, 3.8) is 0 Å². The van der Waals surface area contributed by atoms with E-state index >= 15 is 0 Å². The molecular weight excluding hydrogens is 319 g/mol. The SMILES string of the molecule is [B]c1ccc(N2CCN(C[C@H]3C[C@@H]3c3ccccc3C)CC2)cc1OC. The van der Waals surface area contributed by atoms with Crippen LogP contribution in [-0.2, 0) is 0 Å². The van der Waals surface area contributed by atoms with Gasteiger partial charge in [0.1, 0.15) is 13.6 Å². The lowest BCUT2D eigenvalue weighted by Gasteiger charge is -2.36. The average Bonchev–Trinajstić information content (AvgIpc) is 3.42. The Labute approximate surface area is 158 Å². The first-order chi connectivity index (χ1) is 12.7. The number of nitrogens with zero attached hydrogens (tertiary/aromatic N) is 2. The van der Waals surface area contributed by atoms with Crippen molar-refractivity contribution in [1.82, 2.24) is 4.90 Å². The zero-order valence-corrected chi connectivity index (χ0v) is 15.8. The summed E-state index contributed by atoms with van der Waals surface area (Å²) in [6.07, 6.45) is 1.35. The molecule has 0 amide bonds. The summed E-state index contributed by atoms with van der Waals surface area (Å²) in [4.78, 5) is 5.07. The summed E-state index contributed by atoms with van der Waals surface area (Å²) in [5.41, 5.74) is 4.91. The molecule has 26 heavy (non-hydrogen) atoms. The van der Waals surface area contributed by atoms with Gasteiger partial charge in [-0.15, -0.1) is 0 Å². The summed E-state index contributed by atoms with van der Waals surface area (Å²) in [5, 5.41) is 0. The van der Waals surface area contributed by atoms with E-state index in [-0.39, 0.29) is 0 Å². The number of benzene rings is 2. The maximum absolute atomic E-state index is 5.93. The zero-order chi connectivity index (χ0) is 18.1. The van der Waals surface area contributed by atoms with Crippen LogP contribution in [0.3, 0.4) is 0 Å². The van der Waals surface area contributed by atoms with E-state index in [1.54, 1.807) is 12.7 Å². The molecule has 2 fully saturated rings. The van der Waals surface area contributed by atoms with Gasteiger partial charge in [-0.1, -0.05) is 35.8 Å². The minimum Gasteiger partial charge on any atom is -0.497 e. The van der Waals surface area contributed by atoms with Crippen molar-refractivity contribution >= 4 is 19.0 Å². The molecule has 1 aliphatic heterocycles. The third kappa shape index (κ3) is 3.61. The number of rotatable bonds is 5. The van der Waals surface area contributed by atoms with Gasteiger partial charge in [-0.05, 0) is 42.4 Å². The Balaban J connectivity index is 1.30. The van der Waals surface area contributed by atoms with E-state index in [4.69, 9.17) is 12.6 Å². The van der Waals surface area contributed by atoms with Crippen LogP contribution < -0.4 is 15.1 Å². The summed E-state index contributed by atoms with van der Waals surface area (Å²) < 4.78 is 5.36. The van der Waals surface area contributed by atoms with Crippen LogP contribution in [0.2, 0.25) is 0 Å². The molecule has 0 aromatic heterocycles. The molecule has 1 aliphatic carbocycles. The second-order valence-corrected chi connectivity index (χ2v) is 7.67. The molecule has 2 atom stereocenters. The molecule has 4 rings (SSSR count). The van der Waals surface area contributed by atoms with Gasteiger partial charge in [0, 0.05) is 44.5 Å². The van der Waals surface area contributed by atoms with Crippen LogP contribution in [-0.4, -0.2) is 52.6 Å². The average molecular weight is 346 g/mol. The zero-order valence-electron chi connectivity index (χ0n) is 15.8. The van der Waals surface area contributed by atoms with Gasteiger partial charge < -0.3 is 9.64 Å². The Bertz CT molecular complexity index is 770. The van der Waals surface area contributed by atoms with E-state index in [1.165, 1.54) is 24.2 Å². The van der Waals surface area contributed by atoms with Gasteiger partial charge >= 0.3 is 0 Å². The third-order valence-corrected chi connectivity index (χ3v) is 5.96. The fourth-order valence-electron chi connectivity index (χ4n) is 4.25. The number of hydrogen-bond acceptors (Lipinski definition) is 3. The van der Waals surface area contributed by atoms with Crippen LogP contribution in [0.25, 0.3) is 0 Å². The van der Waals surface area contributed by atoms with Gasteiger partial charge in [0.15, 0.2) is 0 Å². The molecule has 1 saturated heterocycles. The largest absolute Gasteiger partial charge is 0.497 e. The molecule has 2 aromatic rings. The molecule has 3 nitrogen and oxygen atoms in total. The van der Waals surface area contributed by atoms with E-state index in [0.717, 1.165) is 43.8 Å². The molecule has 2 radical (unpaired) electrons. The Morgan fingerprint density at radius 3 is 2.58 bits per heavy atom. The van der Waals surface area contributed by atoms with Gasteiger partial charge in [-0.2, -0.15) is 0 Å². The predicted octanol–water partition coefficient (Wildman–Crippen LogP) is 2.72. The van der Waals surface area contributed by atoms with Crippen molar-refractivity contribution in [2.45, 2.75) is 19.3 Å². The molecule has 0 spiro atoms. The van der Waals surface area contributed by atoms with Crippen molar-refractivity contribution in [3.05, 3.63) is 53.6 Å². The van der Waals surface area contributed by atoms with Crippen LogP contribution in [0.5, 0.6) is 5.75 Å². The number of anilines is 1. The molecule has 2 aromatic carbocycles. The summed E-state index contributed by atoms with van der Waals surface area (Å²) in [6, 6.07) is 15.0. The fourth-order valence-corrected chi connectivity index (χ4v) is 4.25. The summed E-state index contributed by atoms with van der Waals surface area (Å²) in [6.45, 7) is 7.86. The lowest BCUT2D eigenvalue weighted by atomic mass is 9.94. The lowest BCUT2D eigenvalue weighted by Crippen LogP contribution is -2.47. The Morgan fingerprint density at radius 1 is 1.08 bits per heavy atom. The predicted molar refractivity (Wildman–Crippen MR) is 109 cm³/mol. The second-order valence-electron chi connectivity index (χ2n) is 7.67. The molecule has 0 bridgehead atoms. The molecular formula is C22H27BN2O. The Kier molecular flexibility index (Phi) is 4.95. The third-order valence-electron chi connectivity index (χ3n) is 5.96. The highest BCUT2D eigenvalue weighted by molar-refractivity contribution is 6.34. The maximum Gasteiger partial charge on any atom is 0.119 e. The molecule has 1 heterocycles. The monoisotopic (exact) mass is 346 g/mol. The van der Waals surface area contributed by atoms with E-state index in [9.17, 15) is 0 Å². The molecule has 0 unspecified atom stereocenters. The Morgan fingerprint density at radius 2 is 1.85 bits per heavy atom. The normalized spacial score (nSPS) is 23.1. The molecule has 134 valence electrons. The van der Waals surface area contributed by atoms with Gasteiger partial charge in [0.05, 0.1) is 7.11 Å². The standard InChI is InChI=1S/C22H27BN2O/c1-16-5-3-4-6-19(16)20-13-17(20)15-24-9-11-25(12-10-24)18-7-8-21(23)22(14-18)26-2/h3-8,14,17,20H,9-13,15H2,1-2H3/t17-,20+/m1/s1. The number of aryl methyl sites for hydroxylation is 1. The van der Waals surface area contributed by atoms with E-state index in [0.29, 0.717) is 5.46 Å². The first-order valence-corrected chi connectivity index (χ1v) is 9.62. The second kappa shape index (κ2) is 7.36. The summed E-state index contributed by atoms with van der Waals surface area (Å²) >= 11 is 0. The van der Waals surface area contributed by atoms with Gasteiger partial charge in [0.25, 0.3) is 0 Å². The quantitative estimate of drug-likeness (QED) is 0.775. The van der Waals surface area contributed by atoms with Crippen LogP contribution in [0.4, 0.5) is 5.69 Å². The van der Waals surface area contributed by atoms with Crippen molar-refractivity contribution in [2.75, 3.05) is 44.7 Å². The van der Waals surface area contributed by atoms with Crippen molar-refractivity contribution < 1.29 is 4.74 Å². The maximum atomic E-state index is 5.93. The topological polar surface area (TPSA) is 15.7 Å². The first-order valence-electron chi connectivity index (χ1n) is 9.62. The number of methoxy groups -OCH3 is 1. The lowest BCUT2D eigenvalue weighted by molar-refractivity contribution is 0.246. The fraction of sp³-hybridized carbons (Fsp3) is 0.455. The summed E-state index contributed by atoms with van der Waals surface area (Å²) in [5.74, 6) is 2.37. The summed E-state index contributed by atoms with van der Waals surface area (Å²) in [7, 11) is 7.61. The van der Waals surface area contributed by atoms with Gasteiger partial charge in [0.2, 0.25) is 0 Å². The van der Waals surface area contributed by atoms with Crippen molar-refractivity contribution in [3.8, 4) is 5.75 Å². The van der Waals surface area contributed by atoms with Gasteiger partial charge in [-0.25, -0.2) is 0 Å². The number of piperazine rings is 1. The highest BCUT2D eigenvalue weighted by Gasteiger charge is 2.40. The number of hydrogen-bond donors (Lipinski definition) is 0. The van der Waals surface area contributed by atoms with E-state index in [1.807, 2.05) is 6.07 Å². The van der Waals surface area contributed by atoms with E-state index in [2.05, 4.69) is 53.1 Å². The molecule has 4 heteroatoms. The Hall–Kier alpha value is -1.94. The van der Waals surface area contributed by atoms with Crippen LogP contribution in [0.15, 0.2) is 42.5 Å². The smallest absolute Gasteiger partial charge is 0.119 e. The van der Waals surface area contributed by atoms with Crippen molar-refractivity contribution in [1.29, 1.82) is 0 Å². The van der Waals surface area contributed by atoms with Crippen LogP contribution >= 0.6 is 0 Å². The van der Waals surface area contributed by atoms with Crippen molar-refractivity contribution in [2.24, 2.45) is 5.92 Å². The minimum atomic E-state index is 0.700. The first kappa shape index (κ1) is 17.5. The molecule has 0 N–H and O–H groups in total. The highest BCUT2D eigenvalue weighted by atomic mass is 16.5. The molecule has 1 saturated carbocycles. The molecule has 2 aliphatic rings. The van der Waals surface area contributed by atoms with E-state index < -0.39 is 0 Å². The van der Waals surface area contributed by atoms with Crippen LogP contribution in [0.1, 0.15) is 23.5 Å². The highest BCUT2D eigenvalue weighted by Crippen LogP contribution is 2.48. The number of ether oxygens (including phenoxy) is 1. The minimum absolute atomic E-state index is 0.700.